The van der Waals surface area contributed by atoms with Gasteiger partial charge in [0.2, 0.25) is 0 Å². The summed E-state index contributed by atoms with van der Waals surface area (Å²) in [6.07, 6.45) is 18.7. The van der Waals surface area contributed by atoms with Gasteiger partial charge in [-0.15, -0.1) is 0 Å². The molecular weight excluding hydrogens is 318 g/mol. The summed E-state index contributed by atoms with van der Waals surface area (Å²) in [5.41, 5.74) is 6.19. The Morgan fingerprint density at radius 3 is 2.73 bits per heavy atom. The van der Waals surface area contributed by atoms with E-state index in [1.54, 1.807) is 0 Å². The lowest BCUT2D eigenvalue weighted by Crippen LogP contribution is -2.53. The molecule has 146 valence electrons. The summed E-state index contributed by atoms with van der Waals surface area (Å²) in [5, 5.41) is 0. The highest BCUT2D eigenvalue weighted by molar-refractivity contribution is 5.87. The van der Waals surface area contributed by atoms with Gasteiger partial charge in [-0.1, -0.05) is 26.0 Å². The molecule has 0 amide bonds. The number of ketones is 1. The zero-order chi connectivity index (χ0) is 18.4. The molecule has 26 heavy (non-hydrogen) atoms. The Labute approximate surface area is 160 Å². The third kappa shape index (κ3) is 2.91. The Hall–Kier alpha value is -0.630. The van der Waals surface area contributed by atoms with Crippen molar-refractivity contribution in [2.24, 2.45) is 46.2 Å². The van der Waals surface area contributed by atoms with E-state index in [2.05, 4.69) is 26.0 Å². The van der Waals surface area contributed by atoms with Crippen molar-refractivity contribution in [1.82, 2.24) is 0 Å². The highest BCUT2D eigenvalue weighted by Crippen LogP contribution is 2.65. The summed E-state index contributed by atoms with van der Waals surface area (Å²) in [7, 11) is 0. The molecule has 4 aliphatic carbocycles. The van der Waals surface area contributed by atoms with Crippen LogP contribution in [0.15, 0.2) is 12.2 Å². The Bertz CT molecular complexity index is 569. The van der Waals surface area contributed by atoms with Gasteiger partial charge >= 0.3 is 0 Å². The molecule has 0 heterocycles. The zero-order valence-electron chi connectivity index (χ0n) is 17.0. The van der Waals surface area contributed by atoms with Crippen molar-refractivity contribution in [3.05, 3.63) is 12.2 Å². The van der Waals surface area contributed by atoms with Crippen molar-refractivity contribution in [1.29, 1.82) is 0 Å². The van der Waals surface area contributed by atoms with Gasteiger partial charge in [0.05, 0.1) is 0 Å². The molecule has 7 atom stereocenters. The molecule has 2 N–H and O–H groups in total. The van der Waals surface area contributed by atoms with Crippen LogP contribution in [0, 0.1) is 40.4 Å². The number of carbonyl (C=O) groups excluding carboxylic acids is 1. The fraction of sp³-hybridized carbons (Fsp3) is 0.875. The Morgan fingerprint density at radius 1 is 1.08 bits per heavy atom. The van der Waals surface area contributed by atoms with E-state index in [1.807, 2.05) is 0 Å². The molecule has 4 rings (SSSR count). The smallest absolute Gasteiger partial charge is 0.139 e. The SMILES string of the molecule is CC12CCC3C(CCC4CC(C=CCCCN)CCC43C)C1CCC2=O. The maximum atomic E-state index is 12.5. The monoisotopic (exact) mass is 357 g/mol. The molecule has 2 nitrogen and oxygen atoms in total. The van der Waals surface area contributed by atoms with Gasteiger partial charge in [-0.2, -0.15) is 0 Å². The molecule has 4 fully saturated rings. The highest BCUT2D eigenvalue weighted by Gasteiger charge is 2.59. The normalized spacial score (nSPS) is 48.3. The second-order valence-electron chi connectivity index (χ2n) is 10.5. The molecule has 0 bridgehead atoms. The molecule has 0 aromatic carbocycles. The minimum absolute atomic E-state index is 0.0350. The second kappa shape index (κ2) is 7.08. The number of hydrogen-bond donors (Lipinski definition) is 1. The predicted octanol–water partition coefficient (Wildman–Crippen LogP) is 5.51. The lowest BCUT2D eigenvalue weighted by Gasteiger charge is -2.60. The first kappa shape index (κ1) is 18.7. The lowest BCUT2D eigenvalue weighted by atomic mass is 9.44. The Balaban J connectivity index is 1.46. The molecule has 0 radical (unpaired) electrons. The Morgan fingerprint density at radius 2 is 1.92 bits per heavy atom. The van der Waals surface area contributed by atoms with Gasteiger partial charge in [0.1, 0.15) is 5.78 Å². The first-order chi connectivity index (χ1) is 12.5. The van der Waals surface area contributed by atoms with Crippen molar-refractivity contribution in [2.75, 3.05) is 6.54 Å². The number of hydrogen-bond acceptors (Lipinski definition) is 2. The summed E-state index contributed by atoms with van der Waals surface area (Å²) in [6, 6.07) is 0. The van der Waals surface area contributed by atoms with Crippen LogP contribution in [0.2, 0.25) is 0 Å². The number of carbonyl (C=O) groups is 1. The van der Waals surface area contributed by atoms with Crippen molar-refractivity contribution in [2.45, 2.75) is 84.5 Å². The van der Waals surface area contributed by atoms with Crippen LogP contribution < -0.4 is 5.73 Å². The van der Waals surface area contributed by atoms with Gasteiger partial charge in [-0.25, -0.2) is 0 Å². The van der Waals surface area contributed by atoms with Gasteiger partial charge in [0.15, 0.2) is 0 Å². The summed E-state index contributed by atoms with van der Waals surface area (Å²) >= 11 is 0. The molecule has 0 spiro atoms. The van der Waals surface area contributed by atoms with Gasteiger partial charge in [0, 0.05) is 11.8 Å². The van der Waals surface area contributed by atoms with Crippen LogP contribution in [-0.2, 0) is 4.79 Å². The number of unbranched alkanes of at least 4 members (excludes halogenated alkanes) is 1. The van der Waals surface area contributed by atoms with Crippen LogP contribution in [0.3, 0.4) is 0 Å². The van der Waals surface area contributed by atoms with Crippen molar-refractivity contribution in [3.63, 3.8) is 0 Å². The summed E-state index contributed by atoms with van der Waals surface area (Å²) in [4.78, 5) is 12.5. The fourth-order valence-electron chi connectivity index (χ4n) is 7.76. The molecular formula is C24H39NO. The molecule has 0 aromatic rings. The minimum Gasteiger partial charge on any atom is -0.330 e. The standard InChI is InChI=1S/C24H39NO/c1-23-13-11-17(6-4-3-5-15-25)16-18(23)7-8-19-20-9-10-22(26)24(20,2)14-12-21(19)23/h4,6,17-21H,3,5,7-16,25H2,1-2H3. The van der Waals surface area contributed by atoms with Crippen LogP contribution in [0.25, 0.3) is 0 Å². The van der Waals surface area contributed by atoms with Crippen LogP contribution in [-0.4, -0.2) is 12.3 Å². The molecule has 0 saturated heterocycles. The van der Waals surface area contributed by atoms with Crippen molar-refractivity contribution in [3.8, 4) is 0 Å². The molecule has 0 aliphatic heterocycles. The average Bonchev–Trinajstić information content (AvgIpc) is 2.94. The number of allylic oxidation sites excluding steroid dienone is 2. The largest absolute Gasteiger partial charge is 0.330 e. The summed E-state index contributed by atoms with van der Waals surface area (Å²) < 4.78 is 0. The van der Waals surface area contributed by atoms with Crippen molar-refractivity contribution < 1.29 is 4.79 Å². The number of fused-ring (bicyclic) bond motifs is 5. The van der Waals surface area contributed by atoms with E-state index in [0.717, 1.165) is 49.5 Å². The van der Waals surface area contributed by atoms with Crippen molar-refractivity contribution >= 4 is 5.78 Å². The van der Waals surface area contributed by atoms with Gasteiger partial charge in [-0.3, -0.25) is 4.79 Å². The van der Waals surface area contributed by atoms with Gasteiger partial charge in [-0.05, 0) is 106 Å². The molecule has 7 unspecified atom stereocenters. The second-order valence-corrected chi connectivity index (χ2v) is 10.5. The van der Waals surface area contributed by atoms with Gasteiger partial charge in [0.25, 0.3) is 0 Å². The Kier molecular flexibility index (Phi) is 5.09. The van der Waals surface area contributed by atoms with E-state index in [0.29, 0.717) is 17.1 Å². The highest BCUT2D eigenvalue weighted by atomic mass is 16.1. The topological polar surface area (TPSA) is 43.1 Å². The molecule has 2 heteroatoms. The zero-order valence-corrected chi connectivity index (χ0v) is 17.0. The van der Waals surface area contributed by atoms with E-state index < -0.39 is 0 Å². The van der Waals surface area contributed by atoms with Crippen LogP contribution >= 0.6 is 0 Å². The van der Waals surface area contributed by atoms with Crippen LogP contribution in [0.5, 0.6) is 0 Å². The summed E-state index contributed by atoms with van der Waals surface area (Å²) in [5.74, 6) is 4.69. The van der Waals surface area contributed by atoms with Crippen LogP contribution in [0.4, 0.5) is 0 Å². The first-order valence-electron chi connectivity index (χ1n) is 11.4. The van der Waals surface area contributed by atoms with E-state index in [-0.39, 0.29) is 5.41 Å². The molecule has 4 aliphatic rings. The van der Waals surface area contributed by atoms with E-state index in [1.165, 1.54) is 51.4 Å². The number of Topliss-reactive ketones (excluding diaryl/α,β-unsaturated/α-hetero) is 1. The third-order valence-electron chi connectivity index (χ3n) is 9.40. The predicted molar refractivity (Wildman–Crippen MR) is 108 cm³/mol. The quantitative estimate of drug-likeness (QED) is 0.532. The number of nitrogens with two attached hydrogens (primary N) is 1. The van der Waals surface area contributed by atoms with E-state index in [9.17, 15) is 4.79 Å². The third-order valence-corrected chi connectivity index (χ3v) is 9.40. The fourth-order valence-corrected chi connectivity index (χ4v) is 7.76. The molecule has 4 saturated carbocycles. The molecule has 0 aromatic heterocycles. The number of rotatable bonds is 4. The average molecular weight is 358 g/mol. The van der Waals surface area contributed by atoms with E-state index in [4.69, 9.17) is 5.73 Å². The lowest BCUT2D eigenvalue weighted by molar-refractivity contribution is -0.139. The minimum atomic E-state index is 0.0350. The van der Waals surface area contributed by atoms with Gasteiger partial charge < -0.3 is 5.73 Å². The van der Waals surface area contributed by atoms with Crippen LogP contribution in [0.1, 0.15) is 84.5 Å². The first-order valence-corrected chi connectivity index (χ1v) is 11.4. The van der Waals surface area contributed by atoms with E-state index >= 15 is 0 Å². The maximum Gasteiger partial charge on any atom is 0.139 e. The summed E-state index contributed by atoms with van der Waals surface area (Å²) in [6.45, 7) is 5.74. The maximum absolute atomic E-state index is 12.5.